The van der Waals surface area contributed by atoms with E-state index in [4.69, 9.17) is 0 Å². The second-order valence-corrected chi connectivity index (χ2v) is 7.13. The zero-order valence-electron chi connectivity index (χ0n) is 17.3. The first-order valence-electron chi connectivity index (χ1n) is 10.3. The molecule has 10 nitrogen and oxygen atoms in total. The van der Waals surface area contributed by atoms with E-state index >= 15 is 0 Å². The average molecular weight is 409 g/mol. The zero-order valence-corrected chi connectivity index (χ0v) is 17.3. The molecule has 1 aliphatic heterocycles. The maximum atomic E-state index is 4.34. The summed E-state index contributed by atoms with van der Waals surface area (Å²) < 4.78 is 1.97. The van der Waals surface area contributed by atoms with Crippen molar-refractivity contribution in [1.82, 2.24) is 40.1 Å². The number of fused-ring (bicyclic) bond motifs is 1. The first-order valence-corrected chi connectivity index (χ1v) is 10.3. The van der Waals surface area contributed by atoms with Gasteiger partial charge in [-0.05, 0) is 31.2 Å². The summed E-state index contributed by atoms with van der Waals surface area (Å²) >= 11 is 0. The van der Waals surface area contributed by atoms with Crippen LogP contribution in [0.1, 0.15) is 12.2 Å². The van der Waals surface area contributed by atoms with Crippen molar-refractivity contribution in [3.05, 3.63) is 48.7 Å². The van der Waals surface area contributed by atoms with Gasteiger partial charge in [-0.1, -0.05) is 6.07 Å². The topological polar surface area (TPSA) is 98.9 Å². The van der Waals surface area contributed by atoms with Crippen LogP contribution in [0.2, 0.25) is 0 Å². The van der Waals surface area contributed by atoms with Crippen LogP contribution >= 0.6 is 0 Å². The highest BCUT2D eigenvalue weighted by molar-refractivity contribution is 5.79. The molecule has 0 saturated carbocycles. The lowest BCUT2D eigenvalue weighted by atomic mass is 10.3. The molecule has 158 valence electrons. The summed E-state index contributed by atoms with van der Waals surface area (Å²) in [6.45, 7) is 6.48. The smallest absolute Gasteiger partial charge is 0.225 e. The number of aliphatic imine (C=N–C) groups is 1. The molecule has 30 heavy (non-hydrogen) atoms. The molecule has 4 heterocycles. The monoisotopic (exact) mass is 408 g/mol. The molecule has 0 aromatic carbocycles. The van der Waals surface area contributed by atoms with Crippen LogP contribution in [0.5, 0.6) is 0 Å². The molecule has 2 N–H and O–H groups in total. The standard InChI is InChI=1S/C20H28N10/c1-21-19(25-16-18-27-26-17-6-2-3-11-30(17)18)22-9-5-10-28-12-14-29(15-13-28)20-23-7-4-8-24-20/h2-4,6-8,11H,5,9-10,12-16H2,1H3,(H2,21,22,25). The molecule has 0 aliphatic carbocycles. The SMILES string of the molecule is CN=C(NCCCN1CCN(c2ncccn2)CC1)NCc1nnc2ccccn12. The van der Waals surface area contributed by atoms with E-state index in [0.29, 0.717) is 6.54 Å². The number of nitrogens with one attached hydrogen (secondary N) is 2. The van der Waals surface area contributed by atoms with Crippen molar-refractivity contribution in [1.29, 1.82) is 0 Å². The molecule has 0 atom stereocenters. The van der Waals surface area contributed by atoms with Crippen LogP contribution in [0.25, 0.3) is 5.65 Å². The van der Waals surface area contributed by atoms with Crippen molar-refractivity contribution in [3.8, 4) is 0 Å². The van der Waals surface area contributed by atoms with Gasteiger partial charge in [-0.25, -0.2) is 9.97 Å². The number of aromatic nitrogens is 5. The van der Waals surface area contributed by atoms with Crippen LogP contribution in [0.4, 0.5) is 5.95 Å². The minimum atomic E-state index is 0.564. The molecule has 3 aromatic rings. The van der Waals surface area contributed by atoms with Gasteiger partial charge in [-0.2, -0.15) is 0 Å². The Hall–Kier alpha value is -3.27. The third-order valence-electron chi connectivity index (χ3n) is 5.17. The van der Waals surface area contributed by atoms with Gasteiger partial charge in [-0.15, -0.1) is 10.2 Å². The molecule has 4 rings (SSSR count). The fourth-order valence-corrected chi connectivity index (χ4v) is 3.53. The van der Waals surface area contributed by atoms with E-state index in [2.05, 4.69) is 45.6 Å². The molecule has 0 bridgehead atoms. The van der Waals surface area contributed by atoms with Gasteiger partial charge >= 0.3 is 0 Å². The molecule has 0 radical (unpaired) electrons. The predicted molar refractivity (Wildman–Crippen MR) is 116 cm³/mol. The van der Waals surface area contributed by atoms with E-state index in [9.17, 15) is 0 Å². The van der Waals surface area contributed by atoms with Crippen molar-refractivity contribution < 1.29 is 0 Å². The van der Waals surface area contributed by atoms with E-state index in [0.717, 1.165) is 69.1 Å². The van der Waals surface area contributed by atoms with Gasteiger partial charge in [0, 0.05) is 58.4 Å². The van der Waals surface area contributed by atoms with Gasteiger partial charge < -0.3 is 15.5 Å². The predicted octanol–water partition coefficient (Wildman–Crippen LogP) is 0.397. The van der Waals surface area contributed by atoms with Crippen LogP contribution in [0, 0.1) is 0 Å². The van der Waals surface area contributed by atoms with Crippen molar-refractivity contribution in [3.63, 3.8) is 0 Å². The summed E-state index contributed by atoms with van der Waals surface area (Å²) in [5.41, 5.74) is 0.844. The Morgan fingerprint density at radius 3 is 2.67 bits per heavy atom. The first-order chi connectivity index (χ1) is 14.8. The number of anilines is 1. The minimum Gasteiger partial charge on any atom is -0.356 e. The van der Waals surface area contributed by atoms with Gasteiger partial charge in [0.2, 0.25) is 5.95 Å². The second kappa shape index (κ2) is 9.97. The fraction of sp³-hybridized carbons (Fsp3) is 0.450. The van der Waals surface area contributed by atoms with Crippen LogP contribution in [-0.2, 0) is 6.54 Å². The third kappa shape index (κ3) is 5.01. The van der Waals surface area contributed by atoms with Gasteiger partial charge in [0.1, 0.15) is 0 Å². The second-order valence-electron chi connectivity index (χ2n) is 7.13. The summed E-state index contributed by atoms with van der Waals surface area (Å²) in [4.78, 5) is 17.7. The maximum absolute atomic E-state index is 4.34. The van der Waals surface area contributed by atoms with Gasteiger partial charge in [0.15, 0.2) is 17.4 Å². The first kappa shape index (κ1) is 20.0. The average Bonchev–Trinajstić information content (AvgIpc) is 3.23. The quantitative estimate of drug-likeness (QED) is 0.329. The highest BCUT2D eigenvalue weighted by Gasteiger charge is 2.18. The van der Waals surface area contributed by atoms with Crippen LogP contribution in [0.15, 0.2) is 47.8 Å². The number of piperazine rings is 1. The number of guanidine groups is 1. The van der Waals surface area contributed by atoms with Crippen molar-refractivity contribution in [2.24, 2.45) is 4.99 Å². The Morgan fingerprint density at radius 2 is 1.87 bits per heavy atom. The molecule has 10 heteroatoms. The number of rotatable bonds is 7. The maximum Gasteiger partial charge on any atom is 0.225 e. The lowest BCUT2D eigenvalue weighted by Crippen LogP contribution is -2.47. The van der Waals surface area contributed by atoms with E-state index in [-0.39, 0.29) is 0 Å². The van der Waals surface area contributed by atoms with E-state index in [1.165, 1.54) is 0 Å². The Bertz CT molecular complexity index is 946. The Balaban J connectivity index is 1.14. The van der Waals surface area contributed by atoms with Crippen molar-refractivity contribution in [2.75, 3.05) is 51.2 Å². The number of pyridine rings is 1. The number of hydrogen-bond acceptors (Lipinski definition) is 7. The molecule has 0 amide bonds. The fourth-order valence-electron chi connectivity index (χ4n) is 3.53. The molecule has 0 spiro atoms. The van der Waals surface area contributed by atoms with Gasteiger partial charge in [-0.3, -0.25) is 14.3 Å². The summed E-state index contributed by atoms with van der Waals surface area (Å²) in [5.74, 6) is 2.46. The lowest BCUT2D eigenvalue weighted by molar-refractivity contribution is 0.254. The van der Waals surface area contributed by atoms with E-state index < -0.39 is 0 Å². The normalized spacial score (nSPS) is 15.5. The summed E-state index contributed by atoms with van der Waals surface area (Å²) in [5, 5.41) is 15.1. The van der Waals surface area contributed by atoms with Gasteiger partial charge in [0.25, 0.3) is 0 Å². The van der Waals surface area contributed by atoms with Crippen LogP contribution in [0.3, 0.4) is 0 Å². The lowest BCUT2D eigenvalue weighted by Gasteiger charge is -2.34. The molecule has 3 aromatic heterocycles. The summed E-state index contributed by atoms with van der Waals surface area (Å²) in [6.07, 6.45) is 6.61. The molecule has 0 unspecified atom stereocenters. The molecule has 1 saturated heterocycles. The highest BCUT2D eigenvalue weighted by atomic mass is 15.3. The largest absolute Gasteiger partial charge is 0.356 e. The highest BCUT2D eigenvalue weighted by Crippen LogP contribution is 2.09. The van der Waals surface area contributed by atoms with E-state index in [1.807, 2.05) is 34.9 Å². The summed E-state index contributed by atoms with van der Waals surface area (Å²) in [7, 11) is 1.78. The van der Waals surface area contributed by atoms with Crippen molar-refractivity contribution in [2.45, 2.75) is 13.0 Å². The minimum absolute atomic E-state index is 0.564. The Morgan fingerprint density at radius 1 is 1.03 bits per heavy atom. The third-order valence-corrected chi connectivity index (χ3v) is 5.17. The van der Waals surface area contributed by atoms with Crippen LogP contribution in [-0.4, -0.2) is 81.7 Å². The number of hydrogen-bond donors (Lipinski definition) is 2. The molecule has 1 aliphatic rings. The summed E-state index contributed by atoms with van der Waals surface area (Å²) in [6, 6.07) is 7.72. The molecular weight excluding hydrogens is 380 g/mol. The Labute approximate surface area is 176 Å². The number of nitrogens with zero attached hydrogens (tertiary/aromatic N) is 8. The van der Waals surface area contributed by atoms with Gasteiger partial charge in [0.05, 0.1) is 6.54 Å². The van der Waals surface area contributed by atoms with Crippen LogP contribution < -0.4 is 15.5 Å². The molecule has 1 fully saturated rings. The zero-order chi connectivity index (χ0) is 20.6. The Kier molecular flexibility index (Phi) is 6.65. The van der Waals surface area contributed by atoms with E-state index in [1.54, 1.807) is 19.4 Å². The molecular formula is C20H28N10. The van der Waals surface area contributed by atoms with Crippen molar-refractivity contribution >= 4 is 17.6 Å².